The molecule has 1 rings (SSSR count). The van der Waals surface area contributed by atoms with Crippen molar-refractivity contribution in [1.29, 1.82) is 0 Å². The minimum Gasteiger partial charge on any atom is -0.466 e. The molecule has 0 saturated carbocycles. The van der Waals surface area contributed by atoms with Crippen molar-refractivity contribution in [3.63, 3.8) is 0 Å². The molecule has 8 nitrogen and oxygen atoms in total. The van der Waals surface area contributed by atoms with Crippen molar-refractivity contribution < 1.29 is 38.1 Å². The van der Waals surface area contributed by atoms with E-state index in [0.29, 0.717) is 12.3 Å². The van der Waals surface area contributed by atoms with E-state index >= 15 is 0 Å². The number of esters is 4. The van der Waals surface area contributed by atoms with E-state index in [1.807, 2.05) is 19.9 Å². The molecule has 0 aromatic rings. The van der Waals surface area contributed by atoms with Crippen molar-refractivity contribution in [2.75, 3.05) is 13.2 Å². The number of hydrogen-bond acceptors (Lipinski definition) is 8. The maximum atomic E-state index is 12.6. The van der Waals surface area contributed by atoms with E-state index in [0.717, 1.165) is 18.4 Å². The van der Waals surface area contributed by atoms with Gasteiger partial charge in [-0.25, -0.2) is 9.59 Å². The van der Waals surface area contributed by atoms with Gasteiger partial charge in [-0.15, -0.1) is 0 Å². The van der Waals surface area contributed by atoms with Gasteiger partial charge >= 0.3 is 23.9 Å². The Morgan fingerprint density at radius 2 is 1.73 bits per heavy atom. The van der Waals surface area contributed by atoms with E-state index in [1.54, 1.807) is 19.1 Å². The third-order valence-corrected chi connectivity index (χ3v) is 6.02. The molecule has 0 bridgehead atoms. The van der Waals surface area contributed by atoms with Crippen LogP contribution in [0.25, 0.3) is 0 Å². The average Bonchev–Trinajstić information content (AvgIpc) is 2.81. The van der Waals surface area contributed by atoms with E-state index < -0.39 is 30.1 Å². The summed E-state index contributed by atoms with van der Waals surface area (Å²) in [7, 11) is 0. The third-order valence-electron chi connectivity index (χ3n) is 6.02. The Balaban J connectivity index is 2.81. The molecule has 0 spiro atoms. The molecule has 0 aromatic heterocycles. The molecule has 8 heteroatoms. The first-order valence-corrected chi connectivity index (χ1v) is 12.8. The Kier molecular flexibility index (Phi) is 14.3. The van der Waals surface area contributed by atoms with Crippen LogP contribution < -0.4 is 0 Å². The molecule has 0 saturated heterocycles. The summed E-state index contributed by atoms with van der Waals surface area (Å²) >= 11 is 0. The van der Waals surface area contributed by atoms with Gasteiger partial charge in [0.25, 0.3) is 0 Å². The molecule has 0 fully saturated rings. The van der Waals surface area contributed by atoms with Gasteiger partial charge in [0.2, 0.25) is 0 Å². The SMILES string of the molecule is C/C=C(\C)CC(C)CC(C)C1OC(=O)C=CC1OC(=O)/C=C/C(C)=C/C(CCOC(C)=O)COC(C)=O. The van der Waals surface area contributed by atoms with Crippen LogP contribution in [0.3, 0.4) is 0 Å². The van der Waals surface area contributed by atoms with Gasteiger partial charge in [-0.1, -0.05) is 43.2 Å². The van der Waals surface area contributed by atoms with Crippen LogP contribution in [-0.2, 0) is 38.1 Å². The Morgan fingerprint density at radius 3 is 2.35 bits per heavy atom. The van der Waals surface area contributed by atoms with Crippen LogP contribution in [0, 0.1) is 17.8 Å². The fourth-order valence-electron chi connectivity index (χ4n) is 4.18. The first kappa shape index (κ1) is 31.9. The predicted molar refractivity (Wildman–Crippen MR) is 140 cm³/mol. The molecule has 206 valence electrons. The van der Waals surface area contributed by atoms with Crippen LogP contribution in [0.5, 0.6) is 0 Å². The van der Waals surface area contributed by atoms with E-state index in [1.165, 1.54) is 31.6 Å². The van der Waals surface area contributed by atoms with Crippen LogP contribution in [-0.4, -0.2) is 49.3 Å². The molecule has 5 unspecified atom stereocenters. The normalized spacial score (nSPS) is 20.7. The number of hydrogen-bond donors (Lipinski definition) is 0. The Hall–Kier alpha value is -3.16. The number of carbonyl (C=O) groups is 4. The Morgan fingerprint density at radius 1 is 1.05 bits per heavy atom. The minimum atomic E-state index is -0.676. The topological polar surface area (TPSA) is 105 Å². The number of carbonyl (C=O) groups excluding carboxylic acids is 4. The quantitative estimate of drug-likeness (QED) is 0.104. The van der Waals surface area contributed by atoms with Crippen molar-refractivity contribution in [1.82, 2.24) is 0 Å². The molecule has 5 atom stereocenters. The van der Waals surface area contributed by atoms with Gasteiger partial charge in [-0.2, -0.15) is 0 Å². The molecule has 0 aromatic carbocycles. The molecule has 1 heterocycles. The summed E-state index contributed by atoms with van der Waals surface area (Å²) in [5.74, 6) is -1.60. The number of rotatable bonds is 14. The monoisotopic (exact) mass is 518 g/mol. The lowest BCUT2D eigenvalue weighted by Gasteiger charge is -2.32. The van der Waals surface area contributed by atoms with Crippen molar-refractivity contribution in [2.24, 2.45) is 17.8 Å². The summed E-state index contributed by atoms with van der Waals surface area (Å²) in [4.78, 5) is 46.7. The van der Waals surface area contributed by atoms with Crippen molar-refractivity contribution in [2.45, 2.75) is 79.9 Å². The highest BCUT2D eigenvalue weighted by Gasteiger charge is 2.34. The molecule has 1 aliphatic rings. The van der Waals surface area contributed by atoms with Crippen molar-refractivity contribution >= 4 is 23.9 Å². The smallest absolute Gasteiger partial charge is 0.331 e. The molecule has 0 radical (unpaired) electrons. The second kappa shape index (κ2) is 16.6. The summed E-state index contributed by atoms with van der Waals surface area (Å²) in [6.45, 7) is 13.0. The van der Waals surface area contributed by atoms with Gasteiger partial charge in [0.15, 0.2) is 6.10 Å². The maximum absolute atomic E-state index is 12.6. The summed E-state index contributed by atoms with van der Waals surface area (Å²) < 4.78 is 21.2. The highest BCUT2D eigenvalue weighted by Crippen LogP contribution is 2.28. The minimum absolute atomic E-state index is 0.00350. The maximum Gasteiger partial charge on any atom is 0.331 e. The van der Waals surface area contributed by atoms with Crippen LogP contribution in [0.4, 0.5) is 0 Å². The molecule has 1 aliphatic heterocycles. The number of cyclic esters (lactones) is 1. The summed E-state index contributed by atoms with van der Waals surface area (Å²) in [6.07, 6.45) is 10.7. The van der Waals surface area contributed by atoms with E-state index in [-0.39, 0.29) is 31.0 Å². The molecule has 37 heavy (non-hydrogen) atoms. The van der Waals surface area contributed by atoms with Crippen molar-refractivity contribution in [3.05, 3.63) is 47.6 Å². The van der Waals surface area contributed by atoms with Gasteiger partial charge in [0.1, 0.15) is 6.10 Å². The first-order chi connectivity index (χ1) is 17.4. The zero-order chi connectivity index (χ0) is 28.0. The third kappa shape index (κ3) is 13.6. The molecule has 0 amide bonds. The predicted octanol–water partition coefficient (Wildman–Crippen LogP) is 5.03. The lowest BCUT2D eigenvalue weighted by atomic mass is 9.86. The van der Waals surface area contributed by atoms with E-state index in [2.05, 4.69) is 19.9 Å². The van der Waals surface area contributed by atoms with E-state index in [4.69, 9.17) is 18.9 Å². The van der Waals surface area contributed by atoms with Gasteiger partial charge in [0.05, 0.1) is 13.2 Å². The Labute approximate surface area is 220 Å². The van der Waals surface area contributed by atoms with Crippen LogP contribution >= 0.6 is 0 Å². The standard InChI is InChI=1S/C29H42O8/c1-8-19(2)15-21(4)16-22(5)29-26(10-12-28(33)37-29)36-27(32)11-9-20(3)17-25(18-35-24(7)31)13-14-34-23(6)30/h8-12,17,21-22,25-26,29H,13-16,18H2,1-7H3/b11-9+,19-8+,20-17+. The van der Waals surface area contributed by atoms with Crippen LogP contribution in [0.1, 0.15) is 67.7 Å². The van der Waals surface area contributed by atoms with Gasteiger partial charge in [-0.05, 0) is 57.9 Å². The highest BCUT2D eigenvalue weighted by molar-refractivity contribution is 5.85. The van der Waals surface area contributed by atoms with Gasteiger partial charge in [0, 0.05) is 31.9 Å². The largest absolute Gasteiger partial charge is 0.466 e. The number of allylic oxidation sites excluding steroid dienone is 4. The van der Waals surface area contributed by atoms with Gasteiger partial charge < -0.3 is 18.9 Å². The zero-order valence-corrected chi connectivity index (χ0v) is 23.2. The molecule has 0 aliphatic carbocycles. The van der Waals surface area contributed by atoms with Crippen LogP contribution in [0.15, 0.2) is 47.6 Å². The van der Waals surface area contributed by atoms with E-state index in [9.17, 15) is 19.2 Å². The zero-order valence-electron chi connectivity index (χ0n) is 23.2. The average molecular weight is 519 g/mol. The lowest BCUT2D eigenvalue weighted by Crippen LogP contribution is -2.41. The van der Waals surface area contributed by atoms with Gasteiger partial charge in [-0.3, -0.25) is 9.59 Å². The summed E-state index contributed by atoms with van der Waals surface area (Å²) in [5.41, 5.74) is 2.05. The van der Waals surface area contributed by atoms with Crippen molar-refractivity contribution in [3.8, 4) is 0 Å². The highest BCUT2D eigenvalue weighted by atomic mass is 16.6. The second-order valence-corrected chi connectivity index (χ2v) is 9.75. The Bertz CT molecular complexity index is 911. The fraction of sp³-hybridized carbons (Fsp3) is 0.586. The second-order valence-electron chi connectivity index (χ2n) is 9.75. The molecule has 0 N–H and O–H groups in total. The first-order valence-electron chi connectivity index (χ1n) is 12.8. The molecular weight excluding hydrogens is 476 g/mol. The fourth-order valence-corrected chi connectivity index (χ4v) is 4.18. The summed E-state index contributed by atoms with van der Waals surface area (Å²) in [5, 5.41) is 0. The lowest BCUT2D eigenvalue weighted by molar-refractivity contribution is -0.164. The summed E-state index contributed by atoms with van der Waals surface area (Å²) in [6, 6.07) is 0. The van der Waals surface area contributed by atoms with Crippen LogP contribution in [0.2, 0.25) is 0 Å². The number of ether oxygens (including phenoxy) is 4. The molecular formula is C29H42O8.